The van der Waals surface area contributed by atoms with Gasteiger partial charge in [0.05, 0.1) is 12.1 Å². The smallest absolute Gasteiger partial charge is 0.241 e. The minimum Gasteiger partial charge on any atom is -0.368 e. The number of aromatic nitrogens is 2. The highest BCUT2D eigenvalue weighted by molar-refractivity contribution is 5.91. The van der Waals surface area contributed by atoms with Crippen molar-refractivity contribution in [1.29, 1.82) is 0 Å². The molecule has 19 heavy (non-hydrogen) atoms. The Morgan fingerprint density at radius 3 is 2.84 bits per heavy atom. The molecule has 1 aromatic heterocycles. The first kappa shape index (κ1) is 13.1. The second kappa shape index (κ2) is 5.51. The van der Waals surface area contributed by atoms with Gasteiger partial charge in [0.1, 0.15) is 5.82 Å². The molecule has 0 radical (unpaired) electrons. The highest BCUT2D eigenvalue weighted by Crippen LogP contribution is 2.20. The Morgan fingerprint density at radius 2 is 2.11 bits per heavy atom. The van der Waals surface area contributed by atoms with Crippen molar-refractivity contribution < 1.29 is 4.79 Å². The fourth-order valence-electron chi connectivity index (χ4n) is 1.70. The van der Waals surface area contributed by atoms with Gasteiger partial charge < -0.3 is 16.0 Å². The Labute approximate surface area is 111 Å². The maximum atomic E-state index is 11.8. The fraction of sp³-hybridized carbons (Fsp3) is 0.308. The first-order valence-electron chi connectivity index (χ1n) is 6.12. The second-order valence-corrected chi connectivity index (χ2v) is 4.21. The summed E-state index contributed by atoms with van der Waals surface area (Å²) in [4.78, 5) is 21.7. The summed E-state index contributed by atoms with van der Waals surface area (Å²) in [5.41, 5.74) is 6.42. The lowest BCUT2D eigenvalue weighted by molar-refractivity contribution is -0.127. The maximum Gasteiger partial charge on any atom is 0.241 e. The summed E-state index contributed by atoms with van der Waals surface area (Å²) in [5.74, 6) is 0.780. The van der Waals surface area contributed by atoms with Gasteiger partial charge >= 0.3 is 0 Å². The van der Waals surface area contributed by atoms with Gasteiger partial charge in [-0.25, -0.2) is 4.98 Å². The Balaban J connectivity index is 2.23. The highest BCUT2D eigenvalue weighted by atomic mass is 16.2. The minimum absolute atomic E-state index is 0.00349. The molecule has 1 aromatic carbocycles. The van der Waals surface area contributed by atoms with Crippen molar-refractivity contribution >= 4 is 28.6 Å². The molecular weight excluding hydrogens is 242 g/mol. The molecule has 0 fully saturated rings. The number of likely N-dealkylation sites (N-methyl/N-ethyl adjacent to an activating group) is 1. The van der Waals surface area contributed by atoms with Crippen LogP contribution >= 0.6 is 0 Å². The van der Waals surface area contributed by atoms with Gasteiger partial charge in [-0.05, 0) is 19.1 Å². The minimum atomic E-state index is 0.00349. The van der Waals surface area contributed by atoms with E-state index in [1.165, 1.54) is 0 Å². The second-order valence-electron chi connectivity index (χ2n) is 4.21. The van der Waals surface area contributed by atoms with Crippen LogP contribution in [-0.2, 0) is 4.79 Å². The quantitative estimate of drug-likeness (QED) is 0.859. The molecule has 0 unspecified atom stereocenters. The van der Waals surface area contributed by atoms with Crippen molar-refractivity contribution in [2.24, 2.45) is 0 Å². The zero-order valence-electron chi connectivity index (χ0n) is 11.1. The molecule has 0 saturated carbocycles. The topological polar surface area (TPSA) is 84.1 Å². The zero-order valence-corrected chi connectivity index (χ0v) is 11.1. The monoisotopic (exact) mass is 259 g/mol. The Kier molecular flexibility index (Phi) is 3.79. The molecule has 2 rings (SSSR count). The number of nitrogens with one attached hydrogen (secondary N) is 1. The molecule has 100 valence electrons. The summed E-state index contributed by atoms with van der Waals surface area (Å²) in [7, 11) is 1.76. The number of fused-ring (bicyclic) bond motifs is 1. The van der Waals surface area contributed by atoms with E-state index in [1.807, 2.05) is 31.2 Å². The number of hydrogen-bond acceptors (Lipinski definition) is 5. The average molecular weight is 259 g/mol. The van der Waals surface area contributed by atoms with Gasteiger partial charge in [-0.15, -0.1) is 0 Å². The summed E-state index contributed by atoms with van der Waals surface area (Å²) in [6.45, 7) is 2.79. The van der Waals surface area contributed by atoms with Crippen LogP contribution in [0.4, 0.5) is 11.8 Å². The lowest BCUT2D eigenvalue weighted by Gasteiger charge is -2.15. The summed E-state index contributed by atoms with van der Waals surface area (Å²) < 4.78 is 0. The molecule has 0 aliphatic heterocycles. The Bertz CT molecular complexity index is 599. The van der Waals surface area contributed by atoms with Gasteiger partial charge in [0, 0.05) is 19.0 Å². The molecule has 1 heterocycles. The molecule has 0 aliphatic rings. The number of carbonyl (C=O) groups is 1. The summed E-state index contributed by atoms with van der Waals surface area (Å²) in [6, 6.07) is 7.53. The number of benzene rings is 1. The van der Waals surface area contributed by atoms with E-state index in [4.69, 9.17) is 5.73 Å². The summed E-state index contributed by atoms with van der Waals surface area (Å²) in [5, 5.41) is 3.87. The first-order chi connectivity index (χ1) is 9.11. The molecule has 6 nitrogen and oxygen atoms in total. The highest BCUT2D eigenvalue weighted by Gasteiger charge is 2.09. The third-order valence-corrected chi connectivity index (χ3v) is 2.93. The van der Waals surface area contributed by atoms with Crippen LogP contribution in [-0.4, -0.2) is 40.9 Å². The van der Waals surface area contributed by atoms with E-state index < -0.39 is 0 Å². The number of anilines is 2. The van der Waals surface area contributed by atoms with Crippen LogP contribution in [0.1, 0.15) is 6.92 Å². The molecule has 0 aliphatic carbocycles. The third kappa shape index (κ3) is 2.90. The van der Waals surface area contributed by atoms with E-state index in [-0.39, 0.29) is 18.4 Å². The van der Waals surface area contributed by atoms with Crippen LogP contribution in [0.3, 0.4) is 0 Å². The molecule has 6 heteroatoms. The van der Waals surface area contributed by atoms with Crippen molar-refractivity contribution in [2.75, 3.05) is 31.2 Å². The van der Waals surface area contributed by atoms with Crippen molar-refractivity contribution in [2.45, 2.75) is 6.92 Å². The van der Waals surface area contributed by atoms with E-state index in [1.54, 1.807) is 11.9 Å². The van der Waals surface area contributed by atoms with Crippen molar-refractivity contribution in [3.05, 3.63) is 24.3 Å². The number of rotatable bonds is 4. The van der Waals surface area contributed by atoms with Crippen LogP contribution < -0.4 is 11.1 Å². The van der Waals surface area contributed by atoms with E-state index in [2.05, 4.69) is 15.3 Å². The van der Waals surface area contributed by atoms with Crippen molar-refractivity contribution in [3.8, 4) is 0 Å². The lowest BCUT2D eigenvalue weighted by Crippen LogP contribution is -2.32. The Hall–Kier alpha value is -2.37. The number of hydrogen-bond donors (Lipinski definition) is 2. The number of nitrogens with zero attached hydrogens (tertiary/aromatic N) is 3. The molecule has 0 spiro atoms. The van der Waals surface area contributed by atoms with Gasteiger partial charge in [0.15, 0.2) is 0 Å². The van der Waals surface area contributed by atoms with Crippen molar-refractivity contribution in [3.63, 3.8) is 0 Å². The van der Waals surface area contributed by atoms with Gasteiger partial charge in [-0.3, -0.25) is 4.79 Å². The number of amides is 1. The molecule has 0 bridgehead atoms. The summed E-state index contributed by atoms with van der Waals surface area (Å²) >= 11 is 0. The predicted molar refractivity (Wildman–Crippen MR) is 75.8 cm³/mol. The Morgan fingerprint density at radius 1 is 1.37 bits per heavy atom. The van der Waals surface area contributed by atoms with Gasteiger partial charge in [-0.2, -0.15) is 4.98 Å². The van der Waals surface area contributed by atoms with Crippen LogP contribution in [0, 0.1) is 0 Å². The van der Waals surface area contributed by atoms with E-state index >= 15 is 0 Å². The standard InChI is InChI=1S/C13H17N5O/c1-3-18(2)11(19)8-15-12-9-6-4-5-7-10(9)16-13(14)17-12/h4-7H,3,8H2,1-2H3,(H3,14,15,16,17). The maximum absolute atomic E-state index is 11.8. The molecule has 0 atom stereocenters. The van der Waals surface area contributed by atoms with E-state index in [0.29, 0.717) is 12.4 Å². The number of nitrogens with two attached hydrogens (primary N) is 1. The van der Waals surface area contributed by atoms with Gasteiger partial charge in [-0.1, -0.05) is 12.1 Å². The largest absolute Gasteiger partial charge is 0.368 e. The van der Waals surface area contributed by atoms with Crippen LogP contribution in [0.15, 0.2) is 24.3 Å². The van der Waals surface area contributed by atoms with Crippen LogP contribution in [0.25, 0.3) is 10.9 Å². The summed E-state index contributed by atoms with van der Waals surface area (Å²) in [6.07, 6.45) is 0. The predicted octanol–water partition coefficient (Wildman–Crippen LogP) is 1.10. The molecule has 1 amide bonds. The first-order valence-corrected chi connectivity index (χ1v) is 6.12. The molecule has 3 N–H and O–H groups in total. The number of carbonyl (C=O) groups excluding carboxylic acids is 1. The van der Waals surface area contributed by atoms with Crippen LogP contribution in [0.5, 0.6) is 0 Å². The average Bonchev–Trinajstić information content (AvgIpc) is 2.43. The lowest BCUT2D eigenvalue weighted by atomic mass is 10.2. The number of para-hydroxylation sites is 1. The third-order valence-electron chi connectivity index (χ3n) is 2.93. The van der Waals surface area contributed by atoms with Crippen LogP contribution in [0.2, 0.25) is 0 Å². The SMILES string of the molecule is CCN(C)C(=O)CNc1nc(N)nc2ccccc12. The molecular formula is C13H17N5O. The normalized spacial score (nSPS) is 10.4. The van der Waals surface area contributed by atoms with Crippen molar-refractivity contribution in [1.82, 2.24) is 14.9 Å². The fourth-order valence-corrected chi connectivity index (χ4v) is 1.70. The zero-order chi connectivity index (χ0) is 13.8. The molecule has 2 aromatic rings. The van der Waals surface area contributed by atoms with E-state index in [0.717, 1.165) is 10.9 Å². The molecule has 0 saturated heterocycles. The van der Waals surface area contributed by atoms with Gasteiger partial charge in [0.25, 0.3) is 0 Å². The van der Waals surface area contributed by atoms with Gasteiger partial charge in [0.2, 0.25) is 11.9 Å². The number of nitrogen functional groups attached to an aromatic ring is 1. The van der Waals surface area contributed by atoms with E-state index in [9.17, 15) is 4.79 Å².